The summed E-state index contributed by atoms with van der Waals surface area (Å²) in [6.45, 7) is 0. The highest BCUT2D eigenvalue weighted by Gasteiger charge is 2.25. The molecule has 4 aromatic heterocycles. The molecule has 1 saturated carbocycles. The zero-order valence-corrected chi connectivity index (χ0v) is 18.1. The Morgan fingerprint density at radius 2 is 1.85 bits per heavy atom. The number of pyridine rings is 2. The number of amides is 1. The number of carbonyl (C=O) groups excluding carboxylic acids is 1. The summed E-state index contributed by atoms with van der Waals surface area (Å²) in [5.41, 5.74) is 5.44. The number of hydrogen-bond acceptors (Lipinski definition) is 6. The van der Waals surface area contributed by atoms with Crippen molar-refractivity contribution < 1.29 is 4.79 Å². The van der Waals surface area contributed by atoms with Crippen LogP contribution in [0.3, 0.4) is 0 Å². The van der Waals surface area contributed by atoms with E-state index in [-0.39, 0.29) is 5.91 Å². The largest absolute Gasteiger partial charge is 0.321 e. The molecular formula is C25H20N8O. The standard InChI is InChI=1S/C25H20N8O/c34-25(22-13-20(8-11-27-22)32-15-23(28-16-32)17-4-5-17)30-19-2-1-3-21(12-19)33-24(14-29-31-33)18-6-9-26-10-7-18/h1-3,6-17H,4-5H2,(H,30,34). The average Bonchev–Trinajstić information content (AvgIpc) is 3.40. The predicted octanol–water partition coefficient (Wildman–Crippen LogP) is 4.04. The number of carbonyl (C=O) groups is 1. The minimum atomic E-state index is -0.297. The summed E-state index contributed by atoms with van der Waals surface area (Å²) in [5, 5.41) is 11.2. The van der Waals surface area contributed by atoms with Crippen LogP contribution in [0.2, 0.25) is 0 Å². The van der Waals surface area contributed by atoms with E-state index in [2.05, 4.69) is 30.6 Å². The number of aromatic nitrogens is 7. The summed E-state index contributed by atoms with van der Waals surface area (Å²) >= 11 is 0. The molecule has 1 aromatic carbocycles. The monoisotopic (exact) mass is 448 g/mol. The third-order valence-electron chi connectivity index (χ3n) is 5.75. The van der Waals surface area contributed by atoms with E-state index in [1.54, 1.807) is 41.9 Å². The number of rotatable bonds is 6. The molecule has 9 nitrogen and oxygen atoms in total. The van der Waals surface area contributed by atoms with Crippen molar-refractivity contribution in [2.75, 3.05) is 5.32 Å². The van der Waals surface area contributed by atoms with Gasteiger partial charge in [0.1, 0.15) is 5.69 Å². The molecule has 0 radical (unpaired) electrons. The summed E-state index contributed by atoms with van der Waals surface area (Å²) in [7, 11) is 0. The van der Waals surface area contributed by atoms with Crippen LogP contribution in [0.25, 0.3) is 22.6 Å². The topological polar surface area (TPSA) is 103 Å². The molecule has 1 aliphatic carbocycles. The lowest BCUT2D eigenvalue weighted by Gasteiger charge is -2.10. The molecule has 1 fully saturated rings. The van der Waals surface area contributed by atoms with E-state index in [9.17, 15) is 4.79 Å². The van der Waals surface area contributed by atoms with Gasteiger partial charge >= 0.3 is 0 Å². The molecule has 9 heteroatoms. The Labute approximate surface area is 195 Å². The van der Waals surface area contributed by atoms with Crippen molar-refractivity contribution >= 4 is 11.6 Å². The number of hydrogen-bond donors (Lipinski definition) is 1. The van der Waals surface area contributed by atoms with Gasteiger partial charge in [-0.3, -0.25) is 14.8 Å². The normalized spacial score (nSPS) is 13.1. The van der Waals surface area contributed by atoms with Crippen LogP contribution in [0.15, 0.2) is 85.8 Å². The van der Waals surface area contributed by atoms with E-state index >= 15 is 0 Å². The number of anilines is 1. The zero-order valence-electron chi connectivity index (χ0n) is 18.1. The first kappa shape index (κ1) is 20.0. The van der Waals surface area contributed by atoms with Gasteiger partial charge in [-0.05, 0) is 55.3 Å². The fraction of sp³-hybridized carbons (Fsp3) is 0.120. The summed E-state index contributed by atoms with van der Waals surface area (Å²) in [5.74, 6) is 0.275. The summed E-state index contributed by atoms with van der Waals surface area (Å²) < 4.78 is 3.65. The van der Waals surface area contributed by atoms with E-state index in [0.717, 1.165) is 28.3 Å². The molecule has 34 heavy (non-hydrogen) atoms. The Balaban J connectivity index is 1.23. The second-order valence-electron chi connectivity index (χ2n) is 8.15. The van der Waals surface area contributed by atoms with Crippen molar-refractivity contribution in [2.24, 2.45) is 0 Å². The van der Waals surface area contributed by atoms with Gasteiger partial charge in [0.25, 0.3) is 5.91 Å². The van der Waals surface area contributed by atoms with Gasteiger partial charge < -0.3 is 9.88 Å². The molecule has 0 aliphatic heterocycles. The quantitative estimate of drug-likeness (QED) is 0.421. The molecule has 166 valence electrons. The van der Waals surface area contributed by atoms with Crippen LogP contribution in [0.4, 0.5) is 5.69 Å². The van der Waals surface area contributed by atoms with Gasteiger partial charge in [-0.1, -0.05) is 11.3 Å². The van der Waals surface area contributed by atoms with Crippen molar-refractivity contribution in [3.8, 4) is 22.6 Å². The maximum atomic E-state index is 13.0. The Bertz CT molecular complexity index is 1470. The molecular weight excluding hydrogens is 428 g/mol. The van der Waals surface area contributed by atoms with Crippen LogP contribution in [0.1, 0.15) is 34.9 Å². The molecule has 0 spiro atoms. The maximum Gasteiger partial charge on any atom is 0.274 e. The SMILES string of the molecule is O=C(Nc1cccc(-n2nncc2-c2ccncc2)c1)c1cc(-n2cnc(C3CC3)c2)ccn1. The lowest BCUT2D eigenvalue weighted by molar-refractivity contribution is 0.102. The summed E-state index contributed by atoms with van der Waals surface area (Å²) in [6, 6.07) is 14.9. The van der Waals surface area contributed by atoms with Crippen molar-refractivity contribution in [1.82, 2.24) is 34.5 Å². The van der Waals surface area contributed by atoms with Gasteiger partial charge in [0.2, 0.25) is 0 Å². The number of imidazole rings is 1. The molecule has 1 aliphatic rings. The first-order valence-corrected chi connectivity index (χ1v) is 11.0. The lowest BCUT2D eigenvalue weighted by atomic mass is 10.2. The first-order valence-electron chi connectivity index (χ1n) is 11.0. The van der Waals surface area contributed by atoms with Gasteiger partial charge in [-0.15, -0.1) is 5.10 Å². The van der Waals surface area contributed by atoms with Crippen molar-refractivity contribution in [1.29, 1.82) is 0 Å². The molecule has 1 N–H and O–H groups in total. The minimum absolute atomic E-state index is 0.297. The second kappa shape index (κ2) is 8.36. The highest BCUT2D eigenvalue weighted by molar-refractivity contribution is 6.03. The average molecular weight is 448 g/mol. The van der Waals surface area contributed by atoms with Crippen LogP contribution in [0.5, 0.6) is 0 Å². The van der Waals surface area contributed by atoms with Crippen LogP contribution in [0, 0.1) is 0 Å². The fourth-order valence-corrected chi connectivity index (χ4v) is 3.83. The van der Waals surface area contributed by atoms with Crippen LogP contribution >= 0.6 is 0 Å². The van der Waals surface area contributed by atoms with Crippen molar-refractivity contribution in [3.63, 3.8) is 0 Å². The predicted molar refractivity (Wildman–Crippen MR) is 126 cm³/mol. The molecule has 0 unspecified atom stereocenters. The lowest BCUT2D eigenvalue weighted by Crippen LogP contribution is -2.14. The van der Waals surface area contributed by atoms with Gasteiger partial charge in [0.05, 0.1) is 35.3 Å². The smallest absolute Gasteiger partial charge is 0.274 e. The highest BCUT2D eigenvalue weighted by Crippen LogP contribution is 2.39. The Morgan fingerprint density at radius 3 is 2.71 bits per heavy atom. The molecule has 0 atom stereocenters. The molecule has 4 heterocycles. The zero-order chi connectivity index (χ0) is 22.9. The van der Waals surface area contributed by atoms with E-state index in [0.29, 0.717) is 17.3 Å². The van der Waals surface area contributed by atoms with Crippen LogP contribution < -0.4 is 5.32 Å². The number of nitrogens with one attached hydrogen (secondary N) is 1. The van der Waals surface area contributed by atoms with E-state index in [4.69, 9.17) is 0 Å². The second-order valence-corrected chi connectivity index (χ2v) is 8.15. The summed E-state index contributed by atoms with van der Waals surface area (Å²) in [4.78, 5) is 25.8. The molecule has 6 rings (SSSR count). The third-order valence-corrected chi connectivity index (χ3v) is 5.75. The maximum absolute atomic E-state index is 13.0. The van der Waals surface area contributed by atoms with Crippen LogP contribution in [-0.2, 0) is 0 Å². The van der Waals surface area contributed by atoms with Crippen molar-refractivity contribution in [2.45, 2.75) is 18.8 Å². The van der Waals surface area contributed by atoms with Gasteiger partial charge in [-0.25, -0.2) is 9.67 Å². The van der Waals surface area contributed by atoms with E-state index in [1.165, 1.54) is 12.8 Å². The van der Waals surface area contributed by atoms with Crippen LogP contribution in [-0.4, -0.2) is 40.4 Å². The highest BCUT2D eigenvalue weighted by atomic mass is 16.1. The molecule has 5 aromatic rings. The van der Waals surface area contributed by atoms with Gasteiger partial charge in [-0.2, -0.15) is 0 Å². The molecule has 0 saturated heterocycles. The molecule has 0 bridgehead atoms. The number of nitrogens with zero attached hydrogens (tertiary/aromatic N) is 7. The fourth-order valence-electron chi connectivity index (χ4n) is 3.83. The van der Waals surface area contributed by atoms with Gasteiger partial charge in [0.15, 0.2) is 0 Å². The van der Waals surface area contributed by atoms with E-state index in [1.807, 2.05) is 53.2 Å². The number of benzene rings is 1. The van der Waals surface area contributed by atoms with E-state index < -0.39 is 0 Å². The molecule has 1 amide bonds. The Hall–Kier alpha value is -4.66. The third kappa shape index (κ3) is 3.95. The van der Waals surface area contributed by atoms with Gasteiger partial charge in [0, 0.05) is 42.0 Å². The Kier molecular flexibility index (Phi) is 4.91. The first-order chi connectivity index (χ1) is 16.7. The summed E-state index contributed by atoms with van der Waals surface area (Å²) in [6.07, 6.45) is 13.0. The minimum Gasteiger partial charge on any atom is -0.321 e. The Morgan fingerprint density at radius 1 is 0.971 bits per heavy atom. The van der Waals surface area contributed by atoms with Crippen molar-refractivity contribution in [3.05, 3.63) is 97.2 Å².